The summed E-state index contributed by atoms with van der Waals surface area (Å²) in [5, 5.41) is 13.1. The molecule has 0 spiro atoms. The molecule has 2 aromatic carbocycles. The number of ether oxygens (including phenoxy) is 2. The first-order valence-electron chi connectivity index (χ1n) is 9.09. The second kappa shape index (κ2) is 9.74. The van der Waals surface area contributed by atoms with Crippen molar-refractivity contribution in [1.29, 1.82) is 0 Å². The Morgan fingerprint density at radius 2 is 1.94 bits per heavy atom. The summed E-state index contributed by atoms with van der Waals surface area (Å²) < 4.78 is 38.3. The van der Waals surface area contributed by atoms with E-state index in [0.29, 0.717) is 10.8 Å². The molecule has 1 unspecified atom stereocenters. The van der Waals surface area contributed by atoms with Crippen molar-refractivity contribution < 1.29 is 27.8 Å². The van der Waals surface area contributed by atoms with Crippen molar-refractivity contribution in [2.75, 3.05) is 25.1 Å². The fourth-order valence-corrected chi connectivity index (χ4v) is 5.31. The number of aliphatic hydroxyl groups excluding tert-OH is 1. The van der Waals surface area contributed by atoms with Gasteiger partial charge in [-0.1, -0.05) is 11.6 Å². The number of halogens is 1. The maximum Gasteiger partial charge on any atom is 0.264 e. The maximum absolute atomic E-state index is 13.6. The Labute approximate surface area is 194 Å². The van der Waals surface area contributed by atoms with Crippen LogP contribution in [-0.2, 0) is 14.8 Å². The van der Waals surface area contributed by atoms with E-state index in [0.717, 1.165) is 4.31 Å². The number of aromatic nitrogens is 1. The van der Waals surface area contributed by atoms with E-state index in [1.54, 1.807) is 5.38 Å². The molecule has 0 aliphatic rings. The molecule has 0 saturated heterocycles. The molecule has 3 N–H and O–H groups in total. The third-order valence-corrected chi connectivity index (χ3v) is 7.30. The largest absolute Gasteiger partial charge is 0.493 e. The summed E-state index contributed by atoms with van der Waals surface area (Å²) in [4.78, 5) is 15.7. The Morgan fingerprint density at radius 3 is 2.53 bits per heavy atom. The number of anilines is 1. The van der Waals surface area contributed by atoms with E-state index in [1.165, 1.54) is 68.2 Å². The number of sulfonamides is 1. The van der Waals surface area contributed by atoms with Crippen molar-refractivity contribution in [1.82, 2.24) is 4.98 Å². The highest BCUT2D eigenvalue weighted by Gasteiger charge is 2.31. The van der Waals surface area contributed by atoms with Gasteiger partial charge in [-0.25, -0.2) is 13.4 Å². The number of primary amides is 1. The zero-order valence-corrected chi connectivity index (χ0v) is 19.4. The first-order valence-corrected chi connectivity index (χ1v) is 11.8. The fraction of sp³-hybridized carbons (Fsp3) is 0.200. The van der Waals surface area contributed by atoms with Crippen LogP contribution in [0.3, 0.4) is 0 Å². The molecule has 9 nitrogen and oxygen atoms in total. The molecule has 32 heavy (non-hydrogen) atoms. The van der Waals surface area contributed by atoms with Crippen molar-refractivity contribution in [2.45, 2.75) is 11.0 Å². The lowest BCUT2D eigenvalue weighted by Crippen LogP contribution is -2.39. The van der Waals surface area contributed by atoms with E-state index >= 15 is 0 Å². The van der Waals surface area contributed by atoms with Crippen LogP contribution in [0.4, 0.5) is 5.69 Å². The Hall–Kier alpha value is -2.86. The van der Waals surface area contributed by atoms with Gasteiger partial charge in [-0.3, -0.25) is 9.10 Å². The average Bonchev–Trinajstić information content (AvgIpc) is 3.31. The standard InChI is InChI=1S/C20H20ClN3O6S2/c1-29-16-6-4-13(10-17(16)30-2)32(27,28)24(11-18(22)25)15-5-3-12(21)9-14(15)19(26)20-23-7-8-31-20/h3-10,19,26H,11H2,1-2H3,(H2,22,25). The first kappa shape index (κ1) is 23.8. The number of methoxy groups -OCH3 is 2. The second-order valence-corrected chi connectivity index (χ2v) is 9.70. The zero-order chi connectivity index (χ0) is 23.5. The number of benzene rings is 2. The van der Waals surface area contributed by atoms with E-state index in [-0.39, 0.29) is 26.9 Å². The van der Waals surface area contributed by atoms with Gasteiger partial charge >= 0.3 is 0 Å². The lowest BCUT2D eigenvalue weighted by molar-refractivity contribution is -0.116. The molecule has 1 atom stereocenters. The van der Waals surface area contributed by atoms with Crippen molar-refractivity contribution in [2.24, 2.45) is 5.73 Å². The average molecular weight is 498 g/mol. The Bertz CT molecular complexity index is 1220. The van der Waals surface area contributed by atoms with Crippen molar-refractivity contribution in [3.8, 4) is 11.5 Å². The lowest BCUT2D eigenvalue weighted by atomic mass is 10.1. The van der Waals surface area contributed by atoms with E-state index in [9.17, 15) is 18.3 Å². The molecule has 0 fully saturated rings. The van der Waals surface area contributed by atoms with E-state index in [1.807, 2.05) is 0 Å². The summed E-state index contributed by atoms with van der Waals surface area (Å²) in [5.41, 5.74) is 5.55. The number of thiazole rings is 1. The highest BCUT2D eigenvalue weighted by Crippen LogP contribution is 2.37. The molecular formula is C20H20ClN3O6S2. The number of hydrogen-bond donors (Lipinski definition) is 2. The smallest absolute Gasteiger partial charge is 0.264 e. The maximum atomic E-state index is 13.6. The minimum absolute atomic E-state index is 0.0330. The first-order chi connectivity index (χ1) is 15.2. The van der Waals surface area contributed by atoms with Crippen LogP contribution in [0.2, 0.25) is 5.02 Å². The van der Waals surface area contributed by atoms with Crippen LogP contribution in [0, 0.1) is 0 Å². The molecule has 0 aliphatic carbocycles. The zero-order valence-electron chi connectivity index (χ0n) is 17.1. The van der Waals surface area contributed by atoms with E-state index in [2.05, 4.69) is 4.98 Å². The molecule has 170 valence electrons. The number of carbonyl (C=O) groups excluding carboxylic acids is 1. The van der Waals surface area contributed by atoms with Crippen LogP contribution in [-0.4, -0.2) is 45.2 Å². The minimum atomic E-state index is -4.32. The number of amides is 1. The molecule has 1 heterocycles. The second-order valence-electron chi connectivity index (χ2n) is 6.47. The number of rotatable bonds is 9. The lowest BCUT2D eigenvalue weighted by Gasteiger charge is -2.27. The summed E-state index contributed by atoms with van der Waals surface area (Å²) >= 11 is 7.30. The normalized spacial score (nSPS) is 12.2. The topological polar surface area (TPSA) is 132 Å². The molecule has 0 bridgehead atoms. The Kier molecular flexibility index (Phi) is 7.24. The summed E-state index contributed by atoms with van der Waals surface area (Å²) in [5.74, 6) is -0.371. The van der Waals surface area contributed by atoms with Gasteiger partial charge in [0.1, 0.15) is 17.7 Å². The van der Waals surface area contributed by atoms with Gasteiger partial charge in [0, 0.05) is 28.2 Å². The van der Waals surface area contributed by atoms with Crippen LogP contribution in [0.5, 0.6) is 11.5 Å². The van der Waals surface area contributed by atoms with Crippen LogP contribution in [0.25, 0.3) is 0 Å². The van der Waals surface area contributed by atoms with Crippen molar-refractivity contribution >= 4 is 44.6 Å². The summed E-state index contributed by atoms with van der Waals surface area (Å²) in [6, 6.07) is 8.29. The Balaban J connectivity index is 2.18. The molecule has 3 rings (SSSR count). The quantitative estimate of drug-likeness (QED) is 0.464. The number of nitrogens with zero attached hydrogens (tertiary/aromatic N) is 2. The SMILES string of the molecule is COc1ccc(S(=O)(=O)N(CC(N)=O)c2ccc(Cl)cc2C(O)c2nccs2)cc1OC. The summed E-state index contributed by atoms with van der Waals surface area (Å²) in [6.45, 7) is -0.671. The molecule has 3 aromatic rings. The minimum Gasteiger partial charge on any atom is -0.493 e. The molecule has 0 aliphatic heterocycles. The van der Waals surface area contributed by atoms with Crippen molar-refractivity contribution in [3.05, 3.63) is 63.6 Å². The predicted octanol–water partition coefficient (Wildman–Crippen LogP) is 2.58. The van der Waals surface area contributed by atoms with Gasteiger partial charge in [0.25, 0.3) is 10.0 Å². The van der Waals surface area contributed by atoms with Gasteiger partial charge in [0.2, 0.25) is 5.91 Å². The van der Waals surface area contributed by atoms with E-state index < -0.39 is 28.6 Å². The number of aliphatic hydroxyl groups is 1. The molecule has 1 aromatic heterocycles. The number of hydrogen-bond acceptors (Lipinski definition) is 8. The molecule has 0 saturated carbocycles. The molecule has 1 amide bonds. The monoisotopic (exact) mass is 497 g/mol. The van der Waals surface area contributed by atoms with Crippen LogP contribution >= 0.6 is 22.9 Å². The van der Waals surface area contributed by atoms with Gasteiger partial charge < -0.3 is 20.3 Å². The van der Waals surface area contributed by atoms with Crippen LogP contribution in [0.1, 0.15) is 16.7 Å². The fourth-order valence-electron chi connectivity index (χ4n) is 3.02. The number of nitrogens with two attached hydrogens (primary N) is 1. The third kappa shape index (κ3) is 4.80. The van der Waals surface area contributed by atoms with E-state index in [4.69, 9.17) is 26.8 Å². The summed E-state index contributed by atoms with van der Waals surface area (Å²) in [7, 11) is -1.52. The van der Waals surface area contributed by atoms with Gasteiger partial charge in [-0.15, -0.1) is 11.3 Å². The van der Waals surface area contributed by atoms with Gasteiger partial charge in [0.15, 0.2) is 11.5 Å². The molecule has 12 heteroatoms. The summed E-state index contributed by atoms with van der Waals surface area (Å²) in [6.07, 6.45) is 0.231. The van der Waals surface area contributed by atoms with Crippen LogP contribution < -0.4 is 19.5 Å². The third-order valence-electron chi connectivity index (χ3n) is 4.48. The van der Waals surface area contributed by atoms with Gasteiger partial charge in [-0.2, -0.15) is 0 Å². The van der Waals surface area contributed by atoms with Gasteiger partial charge in [-0.05, 0) is 30.3 Å². The highest BCUT2D eigenvalue weighted by atomic mass is 35.5. The molecular weight excluding hydrogens is 478 g/mol. The molecule has 0 radical (unpaired) electrons. The predicted molar refractivity (Wildman–Crippen MR) is 121 cm³/mol. The number of carbonyl (C=O) groups is 1. The van der Waals surface area contributed by atoms with Crippen molar-refractivity contribution in [3.63, 3.8) is 0 Å². The Morgan fingerprint density at radius 1 is 1.22 bits per heavy atom. The van der Waals surface area contributed by atoms with Gasteiger partial charge in [0.05, 0.1) is 24.8 Å². The van der Waals surface area contributed by atoms with Crippen LogP contribution in [0.15, 0.2) is 52.9 Å². The highest BCUT2D eigenvalue weighted by molar-refractivity contribution is 7.92.